The molecule has 1 aliphatic heterocycles. The van der Waals surface area contributed by atoms with Crippen LogP contribution in [0.1, 0.15) is 53.7 Å². The lowest BCUT2D eigenvalue weighted by Crippen LogP contribution is -2.39. The second-order valence-electron chi connectivity index (χ2n) is 6.95. The van der Waals surface area contributed by atoms with E-state index >= 15 is 0 Å². The number of nitrogens with zero attached hydrogens (tertiary/aromatic N) is 1. The van der Waals surface area contributed by atoms with Gasteiger partial charge in [0.15, 0.2) is 0 Å². The van der Waals surface area contributed by atoms with Gasteiger partial charge in [-0.2, -0.15) is 0 Å². The Morgan fingerprint density at radius 1 is 1.23 bits per heavy atom. The molecule has 8 nitrogen and oxygen atoms in total. The monoisotopic (exact) mass is 364 g/mol. The van der Waals surface area contributed by atoms with Gasteiger partial charge in [0, 0.05) is 24.2 Å². The highest BCUT2D eigenvalue weighted by molar-refractivity contribution is 5.98. The van der Waals surface area contributed by atoms with Crippen LogP contribution >= 0.6 is 0 Å². The standard InChI is InChI=1S/C18H24N2O6/c21-14(22)8-19-17(24)15-16(23)12-10-26-7-6-13(12)20(18(15)25)9-11-4-2-1-3-5-11/h11,23H,1-10H2,(H,19,24)(H,21,22). The van der Waals surface area contributed by atoms with Crippen molar-refractivity contribution in [1.29, 1.82) is 0 Å². The van der Waals surface area contributed by atoms with Crippen LogP contribution in [0.5, 0.6) is 5.75 Å². The van der Waals surface area contributed by atoms with E-state index in [9.17, 15) is 19.5 Å². The summed E-state index contributed by atoms with van der Waals surface area (Å²) in [5.41, 5.74) is 0.217. The first kappa shape index (κ1) is 18.4. The van der Waals surface area contributed by atoms with Crippen LogP contribution in [0.4, 0.5) is 0 Å². The lowest BCUT2D eigenvalue weighted by Gasteiger charge is -2.28. The van der Waals surface area contributed by atoms with Crippen LogP contribution < -0.4 is 10.9 Å². The van der Waals surface area contributed by atoms with Crippen molar-refractivity contribution >= 4 is 11.9 Å². The van der Waals surface area contributed by atoms with E-state index in [0.29, 0.717) is 31.1 Å². The molecule has 1 amide bonds. The van der Waals surface area contributed by atoms with Crippen molar-refractivity contribution in [3.8, 4) is 5.75 Å². The lowest BCUT2D eigenvalue weighted by atomic mass is 9.89. The topological polar surface area (TPSA) is 118 Å². The molecule has 0 aromatic carbocycles. The zero-order chi connectivity index (χ0) is 18.7. The smallest absolute Gasteiger partial charge is 0.322 e. The van der Waals surface area contributed by atoms with Gasteiger partial charge in [-0.25, -0.2) is 0 Å². The van der Waals surface area contributed by atoms with Crippen molar-refractivity contribution in [2.45, 2.75) is 51.7 Å². The van der Waals surface area contributed by atoms with E-state index in [4.69, 9.17) is 9.84 Å². The number of amides is 1. The normalized spacial score (nSPS) is 17.5. The summed E-state index contributed by atoms with van der Waals surface area (Å²) in [7, 11) is 0. The number of carbonyl (C=O) groups excluding carboxylic acids is 1. The van der Waals surface area contributed by atoms with Crippen molar-refractivity contribution < 1.29 is 24.5 Å². The van der Waals surface area contributed by atoms with Crippen LogP contribution in [-0.2, 0) is 29.1 Å². The number of carboxylic acid groups (broad SMARTS) is 1. The third kappa shape index (κ3) is 3.75. The van der Waals surface area contributed by atoms with Crippen molar-refractivity contribution in [3.63, 3.8) is 0 Å². The third-order valence-corrected chi connectivity index (χ3v) is 5.18. The molecule has 1 aliphatic carbocycles. The number of hydrogen-bond acceptors (Lipinski definition) is 5. The van der Waals surface area contributed by atoms with E-state index in [1.54, 1.807) is 4.57 Å². The molecule has 0 unspecified atom stereocenters. The minimum Gasteiger partial charge on any atom is -0.506 e. The summed E-state index contributed by atoms with van der Waals surface area (Å²) in [6.07, 6.45) is 6.05. The highest BCUT2D eigenvalue weighted by atomic mass is 16.5. The number of aliphatic carboxylic acids is 1. The maximum Gasteiger partial charge on any atom is 0.322 e. The van der Waals surface area contributed by atoms with Crippen LogP contribution in [0.3, 0.4) is 0 Å². The number of hydrogen-bond donors (Lipinski definition) is 3. The van der Waals surface area contributed by atoms with E-state index in [1.807, 2.05) is 0 Å². The molecule has 0 bridgehead atoms. The van der Waals surface area contributed by atoms with Crippen LogP contribution in [0.25, 0.3) is 0 Å². The fourth-order valence-electron chi connectivity index (χ4n) is 3.86. The second-order valence-corrected chi connectivity index (χ2v) is 6.95. The first-order valence-corrected chi connectivity index (χ1v) is 9.04. The fraction of sp³-hybridized carbons (Fsp3) is 0.611. The van der Waals surface area contributed by atoms with Crippen molar-refractivity contribution in [2.75, 3.05) is 13.2 Å². The Kier molecular flexibility index (Phi) is 5.61. The molecule has 1 saturated carbocycles. The number of ether oxygens (including phenoxy) is 1. The zero-order valence-corrected chi connectivity index (χ0v) is 14.6. The Bertz CT molecular complexity index is 764. The van der Waals surface area contributed by atoms with Gasteiger partial charge in [-0.3, -0.25) is 14.4 Å². The minimum absolute atomic E-state index is 0.130. The van der Waals surface area contributed by atoms with Crippen LogP contribution in [0, 0.1) is 5.92 Å². The van der Waals surface area contributed by atoms with E-state index in [-0.39, 0.29) is 6.61 Å². The minimum atomic E-state index is -1.22. The second kappa shape index (κ2) is 7.90. The summed E-state index contributed by atoms with van der Waals surface area (Å²) in [6.45, 7) is 0.487. The molecule has 1 aromatic rings. The molecular weight excluding hydrogens is 340 g/mol. The molecule has 0 radical (unpaired) electrons. The molecule has 142 valence electrons. The summed E-state index contributed by atoms with van der Waals surface area (Å²) in [5, 5.41) is 21.4. The summed E-state index contributed by atoms with van der Waals surface area (Å²) >= 11 is 0. The summed E-state index contributed by atoms with van der Waals surface area (Å²) in [4.78, 5) is 36.0. The third-order valence-electron chi connectivity index (χ3n) is 5.18. The van der Waals surface area contributed by atoms with Crippen LogP contribution in [0.15, 0.2) is 4.79 Å². The summed E-state index contributed by atoms with van der Waals surface area (Å²) < 4.78 is 6.99. The van der Waals surface area contributed by atoms with Crippen LogP contribution in [-0.4, -0.2) is 39.8 Å². The molecule has 2 aliphatic rings. The fourth-order valence-corrected chi connectivity index (χ4v) is 3.86. The number of carbonyl (C=O) groups is 2. The largest absolute Gasteiger partial charge is 0.506 e. The van der Waals surface area contributed by atoms with E-state index < -0.39 is 35.3 Å². The predicted octanol–water partition coefficient (Wildman–Crippen LogP) is 1.02. The van der Waals surface area contributed by atoms with Gasteiger partial charge in [0.1, 0.15) is 17.9 Å². The molecule has 0 saturated heterocycles. The molecule has 8 heteroatoms. The number of aromatic hydroxyl groups is 1. The number of fused-ring (bicyclic) bond motifs is 1. The van der Waals surface area contributed by atoms with Gasteiger partial charge < -0.3 is 24.8 Å². The Balaban J connectivity index is 2.01. The van der Waals surface area contributed by atoms with Crippen molar-refractivity contribution in [3.05, 3.63) is 27.2 Å². The predicted molar refractivity (Wildman–Crippen MR) is 92.3 cm³/mol. The van der Waals surface area contributed by atoms with Gasteiger partial charge in [0.2, 0.25) is 0 Å². The average molecular weight is 364 g/mol. The van der Waals surface area contributed by atoms with Gasteiger partial charge in [-0.1, -0.05) is 19.3 Å². The quantitative estimate of drug-likeness (QED) is 0.718. The molecule has 26 heavy (non-hydrogen) atoms. The lowest BCUT2D eigenvalue weighted by molar-refractivity contribution is -0.135. The maximum absolute atomic E-state index is 13.0. The Morgan fingerprint density at radius 2 is 1.96 bits per heavy atom. The maximum atomic E-state index is 13.0. The van der Waals surface area contributed by atoms with Gasteiger partial charge in [-0.05, 0) is 18.8 Å². The number of rotatable bonds is 5. The number of carboxylic acids is 1. The molecule has 3 rings (SSSR count). The molecule has 3 N–H and O–H groups in total. The zero-order valence-electron chi connectivity index (χ0n) is 14.6. The average Bonchev–Trinajstić information content (AvgIpc) is 2.64. The Labute approximate surface area is 150 Å². The number of aromatic nitrogens is 1. The first-order valence-electron chi connectivity index (χ1n) is 9.04. The first-order chi connectivity index (χ1) is 12.5. The van der Waals surface area contributed by atoms with Gasteiger partial charge in [0.25, 0.3) is 11.5 Å². The molecule has 1 fully saturated rings. The van der Waals surface area contributed by atoms with E-state index in [0.717, 1.165) is 31.4 Å². The molecule has 1 aromatic heterocycles. The highest BCUT2D eigenvalue weighted by Crippen LogP contribution is 2.30. The van der Waals surface area contributed by atoms with Crippen molar-refractivity contribution in [2.24, 2.45) is 5.92 Å². The van der Waals surface area contributed by atoms with Crippen molar-refractivity contribution in [1.82, 2.24) is 9.88 Å². The Hall–Kier alpha value is -2.35. The molecule has 0 spiro atoms. The Morgan fingerprint density at radius 3 is 2.65 bits per heavy atom. The highest BCUT2D eigenvalue weighted by Gasteiger charge is 2.29. The SMILES string of the molecule is O=C(O)CNC(=O)c1c(O)c2c(n(CC3CCCCC3)c1=O)CCOC2. The summed E-state index contributed by atoms with van der Waals surface area (Å²) in [6, 6.07) is 0. The number of nitrogens with one attached hydrogen (secondary N) is 1. The summed E-state index contributed by atoms with van der Waals surface area (Å²) in [5.74, 6) is -2.12. The van der Waals surface area contributed by atoms with Gasteiger partial charge in [0.05, 0.1) is 13.2 Å². The van der Waals surface area contributed by atoms with Crippen LogP contribution in [0.2, 0.25) is 0 Å². The van der Waals surface area contributed by atoms with E-state index in [1.165, 1.54) is 6.42 Å². The molecule has 2 heterocycles. The molecule has 0 atom stereocenters. The van der Waals surface area contributed by atoms with Gasteiger partial charge >= 0.3 is 5.97 Å². The molecular formula is C18H24N2O6. The number of pyridine rings is 1. The van der Waals surface area contributed by atoms with E-state index in [2.05, 4.69) is 5.32 Å². The van der Waals surface area contributed by atoms with Gasteiger partial charge in [-0.15, -0.1) is 0 Å².